The number of alkyl halides is 3. The van der Waals surface area contributed by atoms with Gasteiger partial charge in [-0.3, -0.25) is 14.8 Å². The number of aromatic nitrogens is 1. The number of nitrogens with two attached hydrogens (primary N) is 1. The van der Waals surface area contributed by atoms with E-state index < -0.39 is 17.6 Å². The fraction of sp³-hybridized carbons (Fsp3) is 0.231. The van der Waals surface area contributed by atoms with Gasteiger partial charge in [-0.1, -0.05) is 11.6 Å². The summed E-state index contributed by atoms with van der Waals surface area (Å²) in [7, 11) is 6.63. The first-order valence-electron chi connectivity index (χ1n) is 11.3. The summed E-state index contributed by atoms with van der Waals surface area (Å²) >= 11 is 6.41. The lowest BCUT2D eigenvalue weighted by atomic mass is 10.1. The number of methoxy groups -OCH3 is 1. The molecule has 2 aromatic carbocycles. The molecule has 3 rings (SSSR count). The van der Waals surface area contributed by atoms with Gasteiger partial charge in [0.05, 0.1) is 35.3 Å². The number of rotatable bonds is 9. The van der Waals surface area contributed by atoms with Crippen molar-refractivity contribution < 1.29 is 22.7 Å². The molecular formula is C26H28ClF3N6O2. The number of hydrogen-bond acceptors (Lipinski definition) is 7. The predicted molar refractivity (Wildman–Crippen MR) is 143 cm³/mol. The number of ether oxygens (including phenoxy) is 1. The Bertz CT molecular complexity index is 1330. The minimum absolute atomic E-state index is 0.0262. The van der Waals surface area contributed by atoms with Crippen LogP contribution in [0.3, 0.4) is 0 Å². The van der Waals surface area contributed by atoms with Crippen molar-refractivity contribution in [3.8, 4) is 5.75 Å². The summed E-state index contributed by atoms with van der Waals surface area (Å²) < 4.78 is 45.6. The number of benzene rings is 2. The number of nitrogens with zero attached hydrogens (tertiary/aromatic N) is 3. The third kappa shape index (κ3) is 7.37. The summed E-state index contributed by atoms with van der Waals surface area (Å²) in [5.41, 5.74) is 10.2. The molecule has 3 aromatic rings. The molecule has 0 atom stereocenters. The van der Waals surface area contributed by atoms with E-state index in [1.54, 1.807) is 50.7 Å². The average Bonchev–Trinajstić information content (AvgIpc) is 2.86. The molecule has 0 saturated carbocycles. The largest absolute Gasteiger partial charge is 0.495 e. The Hall–Kier alpha value is -3.80. The van der Waals surface area contributed by atoms with Gasteiger partial charge in [0, 0.05) is 42.8 Å². The Balaban J connectivity index is 1.91. The molecule has 12 heteroatoms. The zero-order chi connectivity index (χ0) is 28.0. The van der Waals surface area contributed by atoms with Crippen molar-refractivity contribution >= 4 is 34.6 Å². The van der Waals surface area contributed by atoms with Crippen LogP contribution < -0.4 is 26.2 Å². The van der Waals surface area contributed by atoms with Crippen LogP contribution >= 0.6 is 11.6 Å². The highest BCUT2D eigenvalue weighted by molar-refractivity contribution is 6.33. The second kappa shape index (κ2) is 12.2. The van der Waals surface area contributed by atoms with Crippen LogP contribution in [0.4, 0.5) is 24.5 Å². The van der Waals surface area contributed by atoms with E-state index in [2.05, 4.69) is 15.7 Å². The Labute approximate surface area is 223 Å². The van der Waals surface area contributed by atoms with E-state index in [-0.39, 0.29) is 17.8 Å². The van der Waals surface area contributed by atoms with E-state index in [1.807, 2.05) is 0 Å². The van der Waals surface area contributed by atoms with Gasteiger partial charge in [-0.25, -0.2) is 5.43 Å². The molecule has 38 heavy (non-hydrogen) atoms. The van der Waals surface area contributed by atoms with Crippen LogP contribution in [0.2, 0.25) is 5.02 Å². The minimum atomic E-state index is -4.56. The molecule has 0 spiro atoms. The number of halogens is 4. The fourth-order valence-electron chi connectivity index (χ4n) is 3.58. The van der Waals surface area contributed by atoms with Crippen molar-refractivity contribution in [1.29, 1.82) is 0 Å². The molecular weight excluding hydrogens is 521 g/mol. The minimum Gasteiger partial charge on any atom is -0.495 e. The first kappa shape index (κ1) is 28.8. The lowest BCUT2D eigenvalue weighted by molar-refractivity contribution is -0.137. The highest BCUT2D eigenvalue weighted by Crippen LogP contribution is 2.33. The summed E-state index contributed by atoms with van der Waals surface area (Å²) in [5.74, 6) is -0.0852. The maximum Gasteiger partial charge on any atom is 0.416 e. The Morgan fingerprint density at radius 2 is 1.87 bits per heavy atom. The van der Waals surface area contributed by atoms with E-state index in [9.17, 15) is 18.0 Å². The van der Waals surface area contributed by atoms with Gasteiger partial charge in [0.25, 0.3) is 5.91 Å². The third-order valence-corrected chi connectivity index (χ3v) is 5.66. The normalized spacial score (nSPS) is 12.0. The molecule has 0 radical (unpaired) electrons. The molecule has 0 aliphatic heterocycles. The molecule has 0 aliphatic carbocycles. The second-order valence-electron chi connectivity index (χ2n) is 8.57. The maximum absolute atomic E-state index is 13.5. The van der Waals surface area contributed by atoms with Gasteiger partial charge in [-0.2, -0.15) is 13.2 Å². The molecule has 1 heterocycles. The molecule has 4 N–H and O–H groups in total. The van der Waals surface area contributed by atoms with Crippen molar-refractivity contribution in [2.24, 2.45) is 5.73 Å². The van der Waals surface area contributed by atoms with E-state index in [4.69, 9.17) is 22.1 Å². The summed E-state index contributed by atoms with van der Waals surface area (Å²) in [4.78, 5) is 18.9. The topological polar surface area (TPSA) is 95.7 Å². The SMILES string of the molecule is CNN(/C=C(\N)c1cncc(OC)c1)c1cc(C(=O)Nc2cc(CN(C)C)cc(C(F)(F)F)c2)ccc1Cl. The van der Waals surface area contributed by atoms with Gasteiger partial charge in [0.2, 0.25) is 0 Å². The average molecular weight is 549 g/mol. The molecule has 0 aliphatic rings. The molecule has 0 unspecified atom stereocenters. The standard InChI is InChI=1S/C26H28ClF3N6O2/c1-32-36(15-23(31)18-9-21(38-4)13-33-12-18)24-10-17(5-6-22(24)27)25(37)34-20-8-16(14-35(2)3)7-19(11-20)26(28,29)30/h5-13,15,32H,14,31H2,1-4H3,(H,34,37)/b23-15-. The summed E-state index contributed by atoms with van der Waals surface area (Å²) in [6.45, 7) is 0.269. The van der Waals surface area contributed by atoms with Gasteiger partial charge in [-0.15, -0.1) is 0 Å². The number of pyridine rings is 1. The number of hydrogen-bond donors (Lipinski definition) is 3. The van der Waals surface area contributed by atoms with Crippen LogP contribution in [-0.4, -0.2) is 44.0 Å². The van der Waals surface area contributed by atoms with Crippen molar-refractivity contribution in [3.63, 3.8) is 0 Å². The Morgan fingerprint density at radius 3 is 2.50 bits per heavy atom. The van der Waals surface area contributed by atoms with Gasteiger partial charge < -0.3 is 20.7 Å². The molecule has 8 nitrogen and oxygen atoms in total. The van der Waals surface area contributed by atoms with Crippen molar-refractivity contribution in [2.45, 2.75) is 12.7 Å². The highest BCUT2D eigenvalue weighted by Gasteiger charge is 2.31. The molecule has 1 amide bonds. The van der Waals surface area contributed by atoms with Crippen LogP contribution in [-0.2, 0) is 12.7 Å². The second-order valence-corrected chi connectivity index (χ2v) is 8.97. The van der Waals surface area contributed by atoms with Crippen LogP contribution in [0, 0.1) is 0 Å². The molecule has 0 bridgehead atoms. The fourth-order valence-corrected chi connectivity index (χ4v) is 3.79. The Morgan fingerprint density at radius 1 is 1.13 bits per heavy atom. The highest BCUT2D eigenvalue weighted by atomic mass is 35.5. The predicted octanol–water partition coefficient (Wildman–Crippen LogP) is 4.97. The quantitative estimate of drug-likeness (QED) is 0.325. The number of hydrazine groups is 1. The van der Waals surface area contributed by atoms with Gasteiger partial charge in [0.1, 0.15) is 5.75 Å². The first-order valence-corrected chi connectivity index (χ1v) is 11.7. The van der Waals surface area contributed by atoms with Gasteiger partial charge in [0.15, 0.2) is 0 Å². The number of amides is 1. The molecule has 0 saturated heterocycles. The first-order chi connectivity index (χ1) is 17.9. The van der Waals surface area contributed by atoms with Crippen LogP contribution in [0.5, 0.6) is 5.75 Å². The van der Waals surface area contributed by atoms with Crippen LogP contribution in [0.1, 0.15) is 27.0 Å². The lowest BCUT2D eigenvalue weighted by Gasteiger charge is -2.22. The van der Waals surface area contributed by atoms with Crippen LogP contribution in [0.25, 0.3) is 5.70 Å². The van der Waals surface area contributed by atoms with Crippen molar-refractivity contribution in [2.75, 3.05) is 38.6 Å². The van der Waals surface area contributed by atoms with E-state index in [0.717, 1.165) is 12.1 Å². The summed E-state index contributed by atoms with van der Waals surface area (Å²) in [6.07, 6.45) is 0.0967. The van der Waals surface area contributed by atoms with Crippen molar-refractivity contribution in [3.05, 3.63) is 88.3 Å². The van der Waals surface area contributed by atoms with Gasteiger partial charge >= 0.3 is 6.18 Å². The monoisotopic (exact) mass is 548 g/mol. The van der Waals surface area contributed by atoms with E-state index in [1.165, 1.54) is 36.4 Å². The van der Waals surface area contributed by atoms with E-state index in [0.29, 0.717) is 33.3 Å². The zero-order valence-corrected chi connectivity index (χ0v) is 22.0. The maximum atomic E-state index is 13.5. The number of anilines is 2. The smallest absolute Gasteiger partial charge is 0.416 e. The van der Waals surface area contributed by atoms with Gasteiger partial charge in [-0.05, 0) is 62.1 Å². The Kier molecular flexibility index (Phi) is 9.21. The number of nitrogens with one attached hydrogen (secondary N) is 2. The lowest BCUT2D eigenvalue weighted by Crippen LogP contribution is -2.31. The number of carbonyl (C=O) groups excluding carboxylic acids is 1. The molecule has 0 fully saturated rings. The van der Waals surface area contributed by atoms with Crippen LogP contribution in [0.15, 0.2) is 61.1 Å². The zero-order valence-electron chi connectivity index (χ0n) is 21.2. The van der Waals surface area contributed by atoms with Crippen molar-refractivity contribution in [1.82, 2.24) is 15.3 Å². The summed E-state index contributed by atoms with van der Waals surface area (Å²) in [5, 5.41) is 4.37. The molecule has 1 aromatic heterocycles. The third-order valence-electron chi connectivity index (χ3n) is 5.34. The molecule has 202 valence electrons. The van der Waals surface area contributed by atoms with E-state index >= 15 is 0 Å². The summed E-state index contributed by atoms with van der Waals surface area (Å²) in [6, 6.07) is 9.66. The number of carbonyl (C=O) groups is 1.